The molecule has 2 nitrogen and oxygen atoms in total. The lowest BCUT2D eigenvalue weighted by atomic mass is 10.1. The van der Waals surface area contributed by atoms with Crippen LogP contribution >= 0.6 is 27.5 Å². The molecule has 96 valence electrons. The van der Waals surface area contributed by atoms with Gasteiger partial charge in [0.2, 0.25) is 0 Å². The number of nitrogens with one attached hydrogen (secondary N) is 1. The summed E-state index contributed by atoms with van der Waals surface area (Å²) in [4.78, 5) is 0. The fourth-order valence-corrected chi connectivity index (χ4v) is 2.21. The van der Waals surface area contributed by atoms with Crippen molar-refractivity contribution in [3.8, 4) is 6.07 Å². The van der Waals surface area contributed by atoms with Gasteiger partial charge in [0.15, 0.2) is 5.82 Å². The highest BCUT2D eigenvalue weighted by Gasteiger charge is 2.12. The third kappa shape index (κ3) is 2.89. The molecule has 0 aromatic heterocycles. The molecule has 0 atom stereocenters. The average Bonchev–Trinajstić information content (AvgIpc) is 2.39. The molecule has 0 bridgehead atoms. The average molecular weight is 340 g/mol. The first kappa shape index (κ1) is 13.9. The van der Waals surface area contributed by atoms with Crippen LogP contribution in [0.3, 0.4) is 0 Å². The van der Waals surface area contributed by atoms with Crippen molar-refractivity contribution in [1.29, 1.82) is 5.26 Å². The number of halogens is 3. The van der Waals surface area contributed by atoms with Crippen molar-refractivity contribution in [3.05, 3.63) is 56.8 Å². The minimum absolute atomic E-state index is 0.152. The van der Waals surface area contributed by atoms with Crippen LogP contribution in [0.4, 0.5) is 15.8 Å². The Hall–Kier alpha value is -1.57. The van der Waals surface area contributed by atoms with Gasteiger partial charge in [0, 0.05) is 10.7 Å². The molecule has 0 spiro atoms. The summed E-state index contributed by atoms with van der Waals surface area (Å²) < 4.78 is 14.2. The van der Waals surface area contributed by atoms with E-state index in [4.69, 9.17) is 16.9 Å². The third-order valence-electron chi connectivity index (χ3n) is 2.67. The maximum atomic E-state index is 14.1. The third-order valence-corrected chi connectivity index (χ3v) is 3.68. The van der Waals surface area contributed by atoms with Crippen molar-refractivity contribution >= 4 is 38.9 Å². The van der Waals surface area contributed by atoms with Gasteiger partial charge in [-0.1, -0.05) is 17.7 Å². The maximum Gasteiger partial charge on any atom is 0.162 e. The molecule has 2 aromatic carbocycles. The molecule has 0 aliphatic rings. The van der Waals surface area contributed by atoms with E-state index in [2.05, 4.69) is 21.2 Å². The maximum absolute atomic E-state index is 14.1. The van der Waals surface area contributed by atoms with Crippen LogP contribution in [-0.4, -0.2) is 0 Å². The zero-order valence-electron chi connectivity index (χ0n) is 9.97. The van der Waals surface area contributed by atoms with E-state index in [9.17, 15) is 4.39 Å². The topological polar surface area (TPSA) is 35.8 Å². The molecule has 2 aromatic rings. The number of benzene rings is 2. The molecule has 1 N–H and O–H groups in total. The first-order valence-corrected chi connectivity index (χ1v) is 6.61. The van der Waals surface area contributed by atoms with E-state index >= 15 is 0 Å². The van der Waals surface area contributed by atoms with Crippen molar-refractivity contribution in [1.82, 2.24) is 0 Å². The monoisotopic (exact) mass is 338 g/mol. The minimum atomic E-state index is -0.501. The molecule has 19 heavy (non-hydrogen) atoms. The highest BCUT2D eigenvalue weighted by Crippen LogP contribution is 2.30. The molecular weight excluding hydrogens is 331 g/mol. The molecule has 2 rings (SSSR count). The molecule has 0 saturated heterocycles. The first-order chi connectivity index (χ1) is 9.02. The number of rotatable bonds is 2. The second kappa shape index (κ2) is 5.60. The quantitative estimate of drug-likeness (QED) is 0.819. The summed E-state index contributed by atoms with van der Waals surface area (Å²) in [7, 11) is 0. The van der Waals surface area contributed by atoms with Crippen LogP contribution in [0, 0.1) is 24.1 Å². The van der Waals surface area contributed by atoms with Crippen LogP contribution in [0.5, 0.6) is 0 Å². The Kier molecular flexibility index (Phi) is 4.08. The van der Waals surface area contributed by atoms with Crippen LogP contribution in [0.1, 0.15) is 11.1 Å². The van der Waals surface area contributed by atoms with Crippen molar-refractivity contribution in [3.63, 3.8) is 0 Å². The second-order valence-electron chi connectivity index (χ2n) is 3.98. The Morgan fingerprint density at radius 2 is 2.00 bits per heavy atom. The smallest absolute Gasteiger partial charge is 0.162 e. The fourth-order valence-electron chi connectivity index (χ4n) is 1.61. The van der Waals surface area contributed by atoms with Crippen LogP contribution in [0.25, 0.3) is 0 Å². The van der Waals surface area contributed by atoms with Crippen molar-refractivity contribution < 1.29 is 4.39 Å². The van der Waals surface area contributed by atoms with E-state index in [0.717, 1.165) is 11.3 Å². The second-order valence-corrected chi connectivity index (χ2v) is 5.21. The van der Waals surface area contributed by atoms with Gasteiger partial charge in [-0.2, -0.15) is 5.26 Å². The van der Waals surface area contributed by atoms with Crippen molar-refractivity contribution in [2.45, 2.75) is 6.92 Å². The van der Waals surface area contributed by atoms with E-state index in [0.29, 0.717) is 5.02 Å². The lowest BCUT2D eigenvalue weighted by molar-refractivity contribution is 0.624. The summed E-state index contributed by atoms with van der Waals surface area (Å²) in [6.07, 6.45) is 0. The standard InChI is InChI=1S/C14H9BrClFN2/c1-8-2-4-10(16)6-12(8)19-11-5-3-9(7-18)13(15)14(11)17/h2-6,19H,1H3. The normalized spacial score (nSPS) is 10.1. The van der Waals surface area contributed by atoms with Crippen LogP contribution < -0.4 is 5.32 Å². The molecule has 0 fully saturated rings. The van der Waals surface area contributed by atoms with Gasteiger partial charge in [0.1, 0.15) is 6.07 Å². The van der Waals surface area contributed by atoms with Gasteiger partial charge in [-0.25, -0.2) is 4.39 Å². The Labute approximate surface area is 123 Å². The van der Waals surface area contributed by atoms with E-state index < -0.39 is 5.82 Å². The number of nitrogens with zero attached hydrogens (tertiary/aromatic N) is 1. The Bertz CT molecular complexity index is 680. The van der Waals surface area contributed by atoms with Crippen LogP contribution in [-0.2, 0) is 0 Å². The molecular formula is C14H9BrClFN2. The van der Waals surface area contributed by atoms with Gasteiger partial charge < -0.3 is 5.32 Å². The lowest BCUT2D eigenvalue weighted by Gasteiger charge is -2.12. The molecule has 0 unspecified atom stereocenters. The number of nitriles is 1. The van der Waals surface area contributed by atoms with Crippen LogP contribution in [0.15, 0.2) is 34.8 Å². The van der Waals surface area contributed by atoms with Gasteiger partial charge in [-0.3, -0.25) is 0 Å². The van der Waals surface area contributed by atoms with Gasteiger partial charge in [-0.05, 0) is 52.7 Å². The molecule has 0 saturated carbocycles. The number of hydrogen-bond acceptors (Lipinski definition) is 2. The van der Waals surface area contributed by atoms with Crippen molar-refractivity contribution in [2.75, 3.05) is 5.32 Å². The van der Waals surface area contributed by atoms with E-state index in [1.54, 1.807) is 18.2 Å². The number of anilines is 2. The van der Waals surface area contributed by atoms with Crippen molar-refractivity contribution in [2.24, 2.45) is 0 Å². The number of hydrogen-bond donors (Lipinski definition) is 1. The van der Waals surface area contributed by atoms with Crippen LogP contribution in [0.2, 0.25) is 5.02 Å². The zero-order chi connectivity index (χ0) is 14.0. The van der Waals surface area contributed by atoms with Gasteiger partial charge in [0.05, 0.1) is 15.7 Å². The summed E-state index contributed by atoms with van der Waals surface area (Å²) in [5.41, 5.74) is 2.22. The summed E-state index contributed by atoms with van der Waals surface area (Å²) in [6, 6.07) is 10.3. The molecule has 5 heteroatoms. The minimum Gasteiger partial charge on any atom is -0.353 e. The first-order valence-electron chi connectivity index (χ1n) is 5.44. The Balaban J connectivity index is 2.42. The Morgan fingerprint density at radius 3 is 2.68 bits per heavy atom. The van der Waals surface area contributed by atoms with E-state index in [1.165, 1.54) is 6.07 Å². The van der Waals surface area contributed by atoms with Gasteiger partial charge in [-0.15, -0.1) is 0 Å². The Morgan fingerprint density at radius 1 is 1.26 bits per heavy atom. The molecule has 0 amide bonds. The predicted octanol–water partition coefficient (Wildman–Crippen LogP) is 5.17. The lowest BCUT2D eigenvalue weighted by Crippen LogP contribution is -1.97. The molecule has 0 aliphatic carbocycles. The molecule has 0 aliphatic heterocycles. The van der Waals surface area contributed by atoms with Gasteiger partial charge >= 0.3 is 0 Å². The molecule has 0 heterocycles. The zero-order valence-corrected chi connectivity index (χ0v) is 12.3. The highest BCUT2D eigenvalue weighted by atomic mass is 79.9. The predicted molar refractivity (Wildman–Crippen MR) is 78.3 cm³/mol. The summed E-state index contributed by atoms with van der Waals surface area (Å²) in [5.74, 6) is -0.501. The largest absolute Gasteiger partial charge is 0.353 e. The molecule has 0 radical (unpaired) electrons. The highest BCUT2D eigenvalue weighted by molar-refractivity contribution is 9.10. The van der Waals surface area contributed by atoms with E-state index in [-0.39, 0.29) is 15.7 Å². The summed E-state index contributed by atoms with van der Waals surface area (Å²) in [6.45, 7) is 1.90. The van der Waals surface area contributed by atoms with E-state index in [1.807, 2.05) is 19.1 Å². The summed E-state index contributed by atoms with van der Waals surface area (Å²) >= 11 is 8.99. The number of aryl methyl sites for hydroxylation is 1. The summed E-state index contributed by atoms with van der Waals surface area (Å²) in [5, 5.41) is 12.4. The van der Waals surface area contributed by atoms with Gasteiger partial charge in [0.25, 0.3) is 0 Å². The fraction of sp³-hybridized carbons (Fsp3) is 0.0714. The SMILES string of the molecule is Cc1ccc(Cl)cc1Nc1ccc(C#N)c(Br)c1F.